The average Bonchev–Trinajstić information content (AvgIpc) is 2.53. The van der Waals surface area contributed by atoms with Crippen molar-refractivity contribution in [2.45, 2.75) is 52.6 Å². The molecule has 1 unspecified atom stereocenters. The second-order valence-corrected chi connectivity index (χ2v) is 7.88. The molecule has 1 N–H and O–H groups in total. The van der Waals surface area contributed by atoms with Gasteiger partial charge in [-0.3, -0.25) is 0 Å². The van der Waals surface area contributed by atoms with Crippen LogP contribution in [0.25, 0.3) is 0 Å². The molecule has 22 heavy (non-hydrogen) atoms. The normalized spacial score (nSPS) is 13.1. The minimum absolute atomic E-state index is 0.0784. The third kappa shape index (κ3) is 5.72. The smallest absolute Gasteiger partial charge is 0.378 e. The fourth-order valence-corrected chi connectivity index (χ4v) is 5.47. The summed E-state index contributed by atoms with van der Waals surface area (Å²) in [7, 11) is -2.76. The molecule has 0 heterocycles. The minimum atomic E-state index is -2.76. The van der Waals surface area contributed by atoms with Crippen LogP contribution in [0.4, 0.5) is 5.69 Å². The van der Waals surface area contributed by atoms with Crippen LogP contribution < -0.4 is 5.32 Å². The van der Waals surface area contributed by atoms with Gasteiger partial charge in [-0.15, -0.1) is 0 Å². The monoisotopic (exact) mass is 325 g/mol. The summed E-state index contributed by atoms with van der Waals surface area (Å²) in [5, 5.41) is 3.60. The molecule has 0 saturated carbocycles. The van der Waals surface area contributed by atoms with E-state index in [9.17, 15) is 0 Å². The third-order valence-corrected chi connectivity index (χ3v) is 6.78. The number of rotatable bonds is 12. The summed E-state index contributed by atoms with van der Waals surface area (Å²) < 4.78 is 18.2. The summed E-state index contributed by atoms with van der Waals surface area (Å²) in [6.07, 6.45) is 3.24. The zero-order chi connectivity index (χ0) is 16.3. The number of benzene rings is 1. The number of nitrogens with one attached hydrogen (secondary N) is 1. The Hall–Kier alpha value is -0.883. The van der Waals surface area contributed by atoms with Crippen LogP contribution >= 0.6 is 0 Å². The molecule has 1 atom stereocenters. The molecule has 1 rings (SSSR count). The van der Waals surface area contributed by atoms with Crippen molar-refractivity contribution in [1.82, 2.24) is 0 Å². The van der Waals surface area contributed by atoms with Crippen LogP contribution in [-0.4, -0.2) is 34.3 Å². The number of hydrogen-bond donors (Lipinski definition) is 1. The molecule has 5 heteroatoms. The lowest BCUT2D eigenvalue weighted by Gasteiger charge is -2.36. The predicted molar refractivity (Wildman–Crippen MR) is 94.0 cm³/mol. The van der Waals surface area contributed by atoms with E-state index in [-0.39, 0.29) is 5.67 Å². The molecule has 0 spiro atoms. The second kappa shape index (κ2) is 10.8. The Bertz CT molecular complexity index is 372. The van der Waals surface area contributed by atoms with Gasteiger partial charge in [-0.2, -0.15) is 0 Å². The Morgan fingerprint density at radius 3 is 1.91 bits per heavy atom. The van der Waals surface area contributed by atoms with Crippen molar-refractivity contribution in [3.8, 4) is 0 Å². The van der Waals surface area contributed by atoms with Gasteiger partial charge in [0.1, 0.15) is 0 Å². The van der Waals surface area contributed by atoms with Crippen molar-refractivity contribution in [3.63, 3.8) is 0 Å². The van der Waals surface area contributed by atoms with Crippen molar-refractivity contribution < 1.29 is 13.3 Å². The van der Waals surface area contributed by atoms with Crippen molar-refractivity contribution in [3.05, 3.63) is 30.3 Å². The summed E-state index contributed by atoms with van der Waals surface area (Å²) in [6.45, 7) is 10.0. The van der Waals surface area contributed by atoms with E-state index in [1.807, 2.05) is 39.0 Å². The van der Waals surface area contributed by atoms with Crippen LogP contribution in [-0.2, 0) is 13.3 Å². The van der Waals surface area contributed by atoms with E-state index in [2.05, 4.69) is 24.4 Å². The quantitative estimate of drug-likeness (QED) is 0.583. The largest absolute Gasteiger partial charge is 0.524 e. The first-order chi connectivity index (χ1) is 10.7. The molecule has 1 aromatic carbocycles. The van der Waals surface area contributed by atoms with Crippen LogP contribution in [0.2, 0.25) is 0 Å². The third-order valence-electron chi connectivity index (χ3n) is 3.42. The van der Waals surface area contributed by atoms with Crippen LogP contribution in [0.1, 0.15) is 47.0 Å². The zero-order valence-corrected chi connectivity index (χ0v) is 15.4. The topological polar surface area (TPSA) is 39.7 Å². The lowest BCUT2D eigenvalue weighted by atomic mass is 10.2. The highest BCUT2D eigenvalue weighted by molar-refractivity contribution is 6.63. The molecule has 0 aromatic heterocycles. The van der Waals surface area contributed by atoms with Gasteiger partial charge in [0.15, 0.2) is 0 Å². The average molecular weight is 326 g/mol. The molecule has 0 bridgehead atoms. The lowest BCUT2D eigenvalue weighted by molar-refractivity contribution is 0.0632. The highest BCUT2D eigenvalue weighted by Gasteiger charge is 2.49. The number of anilines is 1. The molecule has 126 valence electrons. The van der Waals surface area contributed by atoms with Gasteiger partial charge >= 0.3 is 8.80 Å². The van der Waals surface area contributed by atoms with Gasteiger partial charge in [-0.1, -0.05) is 38.0 Å². The van der Waals surface area contributed by atoms with Gasteiger partial charge < -0.3 is 18.6 Å². The molecular formula is C17H31NO3Si. The Balaban J connectivity index is 3.00. The highest BCUT2D eigenvalue weighted by atomic mass is 28.4. The first-order valence-corrected chi connectivity index (χ1v) is 10.3. The summed E-state index contributed by atoms with van der Waals surface area (Å²) in [5.41, 5.74) is 1.16. The van der Waals surface area contributed by atoms with Crippen LogP contribution in [0, 0.1) is 0 Å². The van der Waals surface area contributed by atoms with E-state index in [4.69, 9.17) is 13.3 Å². The SMILES string of the molecule is CCCCC(Nc1ccccc1)[Si](OCC)(OCC)OCC. The first-order valence-electron chi connectivity index (χ1n) is 8.45. The first kappa shape index (κ1) is 19.2. The van der Waals surface area contributed by atoms with Gasteiger partial charge in [0.2, 0.25) is 0 Å². The van der Waals surface area contributed by atoms with Gasteiger partial charge in [0, 0.05) is 25.5 Å². The zero-order valence-electron chi connectivity index (χ0n) is 14.4. The lowest BCUT2D eigenvalue weighted by Crippen LogP contribution is -2.59. The Morgan fingerprint density at radius 2 is 1.45 bits per heavy atom. The van der Waals surface area contributed by atoms with Gasteiger partial charge in [-0.25, -0.2) is 0 Å². The van der Waals surface area contributed by atoms with Gasteiger partial charge in [-0.05, 0) is 39.3 Å². The summed E-state index contributed by atoms with van der Waals surface area (Å²) in [5.74, 6) is 0. The Morgan fingerprint density at radius 1 is 0.909 bits per heavy atom. The van der Waals surface area contributed by atoms with E-state index in [1.165, 1.54) is 0 Å². The van der Waals surface area contributed by atoms with Crippen LogP contribution in [0.15, 0.2) is 30.3 Å². The Labute approximate surface area is 136 Å². The molecule has 4 nitrogen and oxygen atoms in total. The van der Waals surface area contributed by atoms with Crippen LogP contribution in [0.5, 0.6) is 0 Å². The molecule has 0 amide bonds. The number of para-hydroxylation sites is 1. The number of unbranched alkanes of at least 4 members (excludes halogenated alkanes) is 1. The Kier molecular flexibility index (Phi) is 9.39. The maximum atomic E-state index is 6.07. The van der Waals surface area contributed by atoms with Crippen LogP contribution in [0.3, 0.4) is 0 Å². The van der Waals surface area contributed by atoms with E-state index in [1.54, 1.807) is 0 Å². The summed E-state index contributed by atoms with van der Waals surface area (Å²) >= 11 is 0. The fraction of sp³-hybridized carbons (Fsp3) is 0.647. The second-order valence-electron chi connectivity index (χ2n) is 5.11. The van der Waals surface area contributed by atoms with E-state index < -0.39 is 8.80 Å². The van der Waals surface area contributed by atoms with E-state index >= 15 is 0 Å². The molecule has 0 fully saturated rings. The molecule has 0 radical (unpaired) electrons. The van der Waals surface area contributed by atoms with Crippen molar-refractivity contribution in [2.24, 2.45) is 0 Å². The molecular weight excluding hydrogens is 294 g/mol. The van der Waals surface area contributed by atoms with E-state index in [0.29, 0.717) is 19.8 Å². The predicted octanol–water partition coefficient (Wildman–Crippen LogP) is 4.24. The molecule has 1 aromatic rings. The van der Waals surface area contributed by atoms with Gasteiger partial charge in [0.25, 0.3) is 0 Å². The van der Waals surface area contributed by atoms with E-state index in [0.717, 1.165) is 24.9 Å². The summed E-state index contributed by atoms with van der Waals surface area (Å²) in [6, 6.07) is 10.2. The van der Waals surface area contributed by atoms with Crippen molar-refractivity contribution >= 4 is 14.5 Å². The van der Waals surface area contributed by atoms with Crippen molar-refractivity contribution in [2.75, 3.05) is 25.1 Å². The fourth-order valence-electron chi connectivity index (χ4n) is 2.51. The molecule has 0 aliphatic rings. The molecule has 0 aliphatic carbocycles. The minimum Gasteiger partial charge on any atom is -0.378 e. The van der Waals surface area contributed by atoms with Gasteiger partial charge in [0.05, 0.1) is 5.67 Å². The molecule has 0 saturated heterocycles. The maximum Gasteiger partial charge on any atom is 0.524 e. The maximum absolute atomic E-state index is 6.07. The highest BCUT2D eigenvalue weighted by Crippen LogP contribution is 2.23. The summed E-state index contributed by atoms with van der Waals surface area (Å²) in [4.78, 5) is 0. The standard InChI is InChI=1S/C17H31NO3Si/c1-5-9-15-17(18-16-13-11-10-12-14-16)22(19-6-2,20-7-3)21-8-4/h10-14,17-18H,5-9,15H2,1-4H3. The molecule has 0 aliphatic heterocycles. The number of hydrogen-bond acceptors (Lipinski definition) is 4. The van der Waals surface area contributed by atoms with Crippen molar-refractivity contribution in [1.29, 1.82) is 0 Å².